The van der Waals surface area contributed by atoms with Crippen LogP contribution in [-0.2, 0) is 14.4 Å². The van der Waals surface area contributed by atoms with Crippen LogP contribution in [0.25, 0.3) is 0 Å². The molecule has 0 spiro atoms. The molecule has 2 aromatic carbocycles. The number of anilines is 2. The number of piperazine rings is 2. The lowest BCUT2D eigenvalue weighted by Crippen LogP contribution is -2.60. The molecule has 2 aromatic rings. The minimum absolute atomic E-state index is 0.119. The molecule has 2 aliphatic heterocycles. The molecule has 0 aliphatic carbocycles. The van der Waals surface area contributed by atoms with Gasteiger partial charge >= 0.3 is 0 Å². The highest BCUT2D eigenvalue weighted by molar-refractivity contribution is 6.31. The van der Waals surface area contributed by atoms with Crippen molar-refractivity contribution in [3.63, 3.8) is 0 Å². The van der Waals surface area contributed by atoms with Crippen LogP contribution in [0.1, 0.15) is 12.0 Å². The van der Waals surface area contributed by atoms with Gasteiger partial charge in [0.05, 0.1) is 13.0 Å². The van der Waals surface area contributed by atoms with E-state index in [1.807, 2.05) is 37.3 Å². The fraction of sp³-hybridized carbons (Fsp3) is 0.400. The van der Waals surface area contributed by atoms with Crippen LogP contribution in [0.4, 0.5) is 11.4 Å². The van der Waals surface area contributed by atoms with Crippen molar-refractivity contribution >= 4 is 52.3 Å². The van der Waals surface area contributed by atoms with Crippen molar-refractivity contribution in [3.05, 3.63) is 58.1 Å². The van der Waals surface area contributed by atoms with E-state index in [1.165, 1.54) is 4.90 Å². The molecular weight excluding hydrogens is 489 g/mol. The first-order valence-electron chi connectivity index (χ1n) is 11.7. The van der Waals surface area contributed by atoms with E-state index in [9.17, 15) is 14.4 Å². The normalized spacial score (nSPS) is 18.8. The number of rotatable bonds is 6. The van der Waals surface area contributed by atoms with Crippen molar-refractivity contribution in [1.29, 1.82) is 0 Å². The van der Waals surface area contributed by atoms with Gasteiger partial charge < -0.3 is 20.4 Å². The summed E-state index contributed by atoms with van der Waals surface area (Å²) in [6.45, 7) is 5.83. The van der Waals surface area contributed by atoms with Gasteiger partial charge in [0.15, 0.2) is 0 Å². The molecule has 10 heteroatoms. The first-order valence-corrected chi connectivity index (χ1v) is 12.4. The van der Waals surface area contributed by atoms with E-state index in [0.717, 1.165) is 37.4 Å². The van der Waals surface area contributed by atoms with Crippen LogP contribution >= 0.6 is 23.2 Å². The predicted molar refractivity (Wildman–Crippen MR) is 138 cm³/mol. The molecule has 0 radical (unpaired) electrons. The second-order valence-corrected chi connectivity index (χ2v) is 9.70. The topological polar surface area (TPSA) is 85.0 Å². The number of hydrogen-bond donors (Lipinski definition) is 2. The molecule has 2 N–H and O–H groups in total. The van der Waals surface area contributed by atoms with E-state index in [4.69, 9.17) is 23.2 Å². The zero-order valence-electron chi connectivity index (χ0n) is 19.6. The van der Waals surface area contributed by atoms with Gasteiger partial charge in [0, 0.05) is 60.7 Å². The SMILES string of the molecule is Cc1ccc(NC(=O)C[C@H]2C(=O)NCCN2C(=O)CN2CCN(c3cccc(Cl)c3)CC2)cc1Cl. The number of nitrogens with one attached hydrogen (secondary N) is 2. The molecular formula is C25H29Cl2N5O3. The number of benzene rings is 2. The zero-order chi connectivity index (χ0) is 24.9. The summed E-state index contributed by atoms with van der Waals surface area (Å²) in [6.07, 6.45) is -0.119. The Bertz CT molecular complexity index is 1100. The van der Waals surface area contributed by atoms with Crippen molar-refractivity contribution in [3.8, 4) is 0 Å². The van der Waals surface area contributed by atoms with E-state index in [-0.39, 0.29) is 30.7 Å². The first kappa shape index (κ1) is 25.3. The molecule has 1 atom stereocenters. The van der Waals surface area contributed by atoms with Gasteiger partial charge in [-0.25, -0.2) is 0 Å². The molecule has 35 heavy (non-hydrogen) atoms. The largest absolute Gasteiger partial charge is 0.369 e. The highest BCUT2D eigenvalue weighted by Crippen LogP contribution is 2.22. The molecule has 4 rings (SSSR count). The van der Waals surface area contributed by atoms with Gasteiger partial charge in [-0.3, -0.25) is 19.3 Å². The van der Waals surface area contributed by atoms with Crippen LogP contribution in [0.3, 0.4) is 0 Å². The van der Waals surface area contributed by atoms with E-state index in [1.54, 1.807) is 12.1 Å². The second-order valence-electron chi connectivity index (χ2n) is 8.85. The van der Waals surface area contributed by atoms with Crippen LogP contribution in [0.5, 0.6) is 0 Å². The van der Waals surface area contributed by atoms with E-state index >= 15 is 0 Å². The number of amides is 3. The summed E-state index contributed by atoms with van der Waals surface area (Å²) in [5.74, 6) is -0.806. The molecule has 0 unspecified atom stereocenters. The lowest BCUT2D eigenvalue weighted by molar-refractivity contribution is -0.145. The fourth-order valence-electron chi connectivity index (χ4n) is 4.39. The third kappa shape index (κ3) is 6.45. The molecule has 2 aliphatic rings. The summed E-state index contributed by atoms with van der Waals surface area (Å²) in [4.78, 5) is 44.3. The summed E-state index contributed by atoms with van der Waals surface area (Å²) in [7, 11) is 0. The quantitative estimate of drug-likeness (QED) is 0.615. The molecule has 2 saturated heterocycles. The summed E-state index contributed by atoms with van der Waals surface area (Å²) in [5.41, 5.74) is 2.52. The minimum Gasteiger partial charge on any atom is -0.369 e. The van der Waals surface area contributed by atoms with Gasteiger partial charge in [0.25, 0.3) is 0 Å². The molecule has 8 nitrogen and oxygen atoms in total. The Morgan fingerprint density at radius 3 is 2.54 bits per heavy atom. The van der Waals surface area contributed by atoms with Gasteiger partial charge in [-0.05, 0) is 42.8 Å². The van der Waals surface area contributed by atoms with Gasteiger partial charge in [-0.15, -0.1) is 0 Å². The van der Waals surface area contributed by atoms with Crippen molar-refractivity contribution in [2.45, 2.75) is 19.4 Å². The van der Waals surface area contributed by atoms with Crippen molar-refractivity contribution in [2.24, 2.45) is 0 Å². The van der Waals surface area contributed by atoms with Gasteiger partial charge in [0.2, 0.25) is 17.7 Å². The Hall–Kier alpha value is -2.81. The molecule has 0 saturated carbocycles. The lowest BCUT2D eigenvalue weighted by atomic mass is 10.1. The van der Waals surface area contributed by atoms with E-state index in [2.05, 4.69) is 20.4 Å². The van der Waals surface area contributed by atoms with Crippen LogP contribution in [0.15, 0.2) is 42.5 Å². The lowest BCUT2D eigenvalue weighted by Gasteiger charge is -2.39. The van der Waals surface area contributed by atoms with Gasteiger partial charge in [-0.1, -0.05) is 35.3 Å². The van der Waals surface area contributed by atoms with Crippen LogP contribution in [0, 0.1) is 6.92 Å². The summed E-state index contributed by atoms with van der Waals surface area (Å²) in [6, 6.07) is 12.1. The highest BCUT2D eigenvalue weighted by Gasteiger charge is 2.35. The maximum atomic E-state index is 13.2. The molecule has 0 bridgehead atoms. The number of carbonyl (C=O) groups excluding carboxylic acids is 3. The monoisotopic (exact) mass is 517 g/mol. The predicted octanol–water partition coefficient (Wildman–Crippen LogP) is 2.78. The second kappa shape index (κ2) is 11.3. The van der Waals surface area contributed by atoms with Crippen LogP contribution in [0.2, 0.25) is 10.0 Å². The highest BCUT2D eigenvalue weighted by atomic mass is 35.5. The minimum atomic E-state index is -0.843. The van der Waals surface area contributed by atoms with Crippen molar-refractivity contribution in [2.75, 3.05) is 56.0 Å². The Balaban J connectivity index is 1.33. The van der Waals surface area contributed by atoms with Gasteiger partial charge in [-0.2, -0.15) is 0 Å². The Morgan fingerprint density at radius 2 is 1.83 bits per heavy atom. The van der Waals surface area contributed by atoms with E-state index < -0.39 is 6.04 Å². The smallest absolute Gasteiger partial charge is 0.243 e. The number of halogens is 2. The average molecular weight is 518 g/mol. The maximum absolute atomic E-state index is 13.2. The van der Waals surface area contributed by atoms with E-state index in [0.29, 0.717) is 28.8 Å². The number of hydrogen-bond acceptors (Lipinski definition) is 5. The summed E-state index contributed by atoms with van der Waals surface area (Å²) >= 11 is 12.3. The summed E-state index contributed by atoms with van der Waals surface area (Å²) < 4.78 is 0. The molecule has 2 fully saturated rings. The van der Waals surface area contributed by atoms with Crippen LogP contribution in [-0.4, -0.2) is 79.4 Å². The number of aryl methyl sites for hydroxylation is 1. The third-order valence-electron chi connectivity index (χ3n) is 6.39. The Morgan fingerprint density at radius 1 is 1.06 bits per heavy atom. The maximum Gasteiger partial charge on any atom is 0.243 e. The van der Waals surface area contributed by atoms with Crippen LogP contribution < -0.4 is 15.5 Å². The average Bonchev–Trinajstić information content (AvgIpc) is 2.83. The van der Waals surface area contributed by atoms with Crippen molar-refractivity contribution < 1.29 is 14.4 Å². The Kier molecular flexibility index (Phi) is 8.15. The summed E-state index contributed by atoms with van der Waals surface area (Å²) in [5, 5.41) is 6.79. The number of nitrogens with zero attached hydrogens (tertiary/aromatic N) is 3. The zero-order valence-corrected chi connectivity index (χ0v) is 21.1. The number of carbonyl (C=O) groups is 3. The molecule has 2 heterocycles. The molecule has 186 valence electrons. The van der Waals surface area contributed by atoms with Gasteiger partial charge in [0.1, 0.15) is 6.04 Å². The standard InChI is InChI=1S/C25H29Cl2N5O3/c1-17-5-6-19(14-21(17)27)29-23(33)15-22-25(35)28-7-8-32(22)24(34)16-30-9-11-31(12-10-30)20-4-2-3-18(26)13-20/h2-6,13-14,22H,7-12,15-16H2,1H3,(H,28,35)(H,29,33)/t22-/m0/s1. The fourth-order valence-corrected chi connectivity index (χ4v) is 4.76. The Labute approximate surface area is 215 Å². The molecule has 3 amide bonds. The molecule has 0 aromatic heterocycles. The third-order valence-corrected chi connectivity index (χ3v) is 7.03. The van der Waals surface area contributed by atoms with Crippen molar-refractivity contribution in [1.82, 2.24) is 15.1 Å². The first-order chi connectivity index (χ1) is 16.8.